The first-order chi connectivity index (χ1) is 9.29. The topological polar surface area (TPSA) is 40.5 Å². The van der Waals surface area contributed by atoms with E-state index in [2.05, 4.69) is 32.6 Å². The minimum Gasteiger partial charge on any atom is -0.478 e. The third-order valence-corrected chi connectivity index (χ3v) is 2.94. The van der Waals surface area contributed by atoms with Gasteiger partial charge in [0.05, 0.1) is 5.56 Å². The lowest BCUT2D eigenvalue weighted by molar-refractivity contribution is 0.0694. The van der Waals surface area contributed by atoms with E-state index in [9.17, 15) is 14.3 Å². The van der Waals surface area contributed by atoms with Crippen molar-refractivity contribution in [2.75, 3.05) is 13.1 Å². The molecule has 0 aromatic heterocycles. The van der Waals surface area contributed by atoms with Crippen molar-refractivity contribution in [3.63, 3.8) is 0 Å². The summed E-state index contributed by atoms with van der Waals surface area (Å²) in [6.07, 6.45) is 0. The average molecular weight is 281 g/mol. The number of aromatic carboxylic acids is 1. The number of carboxylic acids is 1. The lowest BCUT2D eigenvalue weighted by atomic mass is 10.0. The first-order valence-corrected chi connectivity index (χ1v) is 7.03. The molecule has 1 rings (SSSR count). The van der Waals surface area contributed by atoms with E-state index in [1.807, 2.05) is 0 Å². The van der Waals surface area contributed by atoms with Crippen molar-refractivity contribution in [3.05, 3.63) is 35.1 Å². The normalized spacial score (nSPS) is 11.6. The zero-order valence-electron chi connectivity index (χ0n) is 12.7. The summed E-state index contributed by atoms with van der Waals surface area (Å²) in [5.41, 5.74) is 0.725. The van der Waals surface area contributed by atoms with Crippen LogP contribution in [0.1, 0.15) is 43.6 Å². The summed E-state index contributed by atoms with van der Waals surface area (Å²) < 4.78 is 13.4. The minimum atomic E-state index is -1.01. The van der Waals surface area contributed by atoms with E-state index in [1.165, 1.54) is 18.2 Å². The molecule has 112 valence electrons. The Morgan fingerprint density at radius 1 is 1.20 bits per heavy atom. The molecule has 0 aliphatic rings. The van der Waals surface area contributed by atoms with Gasteiger partial charge in [-0.1, -0.05) is 27.7 Å². The predicted octanol–water partition coefficient (Wildman–Crippen LogP) is 3.64. The van der Waals surface area contributed by atoms with Gasteiger partial charge in [-0.15, -0.1) is 0 Å². The van der Waals surface area contributed by atoms with Gasteiger partial charge in [0.2, 0.25) is 0 Å². The maximum atomic E-state index is 13.4. The van der Waals surface area contributed by atoms with E-state index in [1.54, 1.807) is 0 Å². The van der Waals surface area contributed by atoms with Crippen LogP contribution in [0.4, 0.5) is 4.39 Å². The van der Waals surface area contributed by atoms with Gasteiger partial charge in [0.1, 0.15) is 5.82 Å². The van der Waals surface area contributed by atoms with Crippen LogP contribution in [0.3, 0.4) is 0 Å². The molecule has 0 amide bonds. The van der Waals surface area contributed by atoms with Gasteiger partial charge in [-0.3, -0.25) is 4.90 Å². The number of benzene rings is 1. The summed E-state index contributed by atoms with van der Waals surface area (Å²) in [7, 11) is 0. The van der Waals surface area contributed by atoms with Crippen molar-refractivity contribution >= 4 is 5.97 Å². The highest BCUT2D eigenvalue weighted by atomic mass is 19.1. The van der Waals surface area contributed by atoms with Crippen molar-refractivity contribution in [2.45, 2.75) is 34.2 Å². The number of halogens is 1. The van der Waals surface area contributed by atoms with Crippen molar-refractivity contribution in [1.82, 2.24) is 4.90 Å². The van der Waals surface area contributed by atoms with Crippen LogP contribution < -0.4 is 0 Å². The molecule has 0 aliphatic carbocycles. The predicted molar refractivity (Wildman–Crippen MR) is 78.3 cm³/mol. The summed E-state index contributed by atoms with van der Waals surface area (Å²) in [6.45, 7) is 10.7. The van der Waals surface area contributed by atoms with Crippen LogP contribution in [-0.2, 0) is 6.54 Å². The highest BCUT2D eigenvalue weighted by Gasteiger charge is 2.16. The van der Waals surface area contributed by atoms with Crippen molar-refractivity contribution in [1.29, 1.82) is 0 Å². The Morgan fingerprint density at radius 2 is 1.75 bits per heavy atom. The Labute approximate surface area is 120 Å². The minimum absolute atomic E-state index is 0.184. The van der Waals surface area contributed by atoms with E-state index >= 15 is 0 Å². The Hall–Kier alpha value is -1.42. The molecule has 0 unspecified atom stereocenters. The van der Waals surface area contributed by atoms with E-state index in [0.29, 0.717) is 23.9 Å². The summed E-state index contributed by atoms with van der Waals surface area (Å²) in [6, 6.07) is 3.87. The summed E-state index contributed by atoms with van der Waals surface area (Å²) in [5.74, 6) is -0.431. The molecule has 3 nitrogen and oxygen atoms in total. The molecule has 0 bridgehead atoms. The second-order valence-corrected chi connectivity index (χ2v) is 6.09. The molecule has 0 aliphatic heterocycles. The smallest absolute Gasteiger partial charge is 0.336 e. The first-order valence-electron chi connectivity index (χ1n) is 7.03. The van der Waals surface area contributed by atoms with Gasteiger partial charge < -0.3 is 5.11 Å². The van der Waals surface area contributed by atoms with E-state index in [0.717, 1.165) is 13.1 Å². The number of hydrogen-bond acceptors (Lipinski definition) is 2. The Balaban J connectivity index is 2.96. The van der Waals surface area contributed by atoms with Gasteiger partial charge in [-0.2, -0.15) is 0 Å². The van der Waals surface area contributed by atoms with Crippen LogP contribution in [0.5, 0.6) is 0 Å². The molecular formula is C16H24FNO2. The monoisotopic (exact) mass is 281 g/mol. The van der Waals surface area contributed by atoms with E-state index in [4.69, 9.17) is 0 Å². The lowest BCUT2D eigenvalue weighted by Gasteiger charge is -2.26. The van der Waals surface area contributed by atoms with Crippen LogP contribution >= 0.6 is 0 Å². The third kappa shape index (κ3) is 5.29. The molecular weight excluding hydrogens is 257 g/mol. The van der Waals surface area contributed by atoms with E-state index in [-0.39, 0.29) is 11.4 Å². The van der Waals surface area contributed by atoms with E-state index < -0.39 is 5.97 Å². The van der Waals surface area contributed by atoms with Crippen LogP contribution in [-0.4, -0.2) is 29.1 Å². The number of nitrogens with zero attached hydrogens (tertiary/aromatic N) is 1. The van der Waals surface area contributed by atoms with Crippen molar-refractivity contribution in [3.8, 4) is 0 Å². The number of rotatable bonds is 7. The maximum Gasteiger partial charge on any atom is 0.336 e. The van der Waals surface area contributed by atoms with Crippen molar-refractivity contribution in [2.24, 2.45) is 11.8 Å². The number of hydrogen-bond donors (Lipinski definition) is 1. The fourth-order valence-corrected chi connectivity index (χ4v) is 2.38. The number of carboxylic acid groups (broad SMARTS) is 1. The molecule has 0 spiro atoms. The molecule has 0 saturated carbocycles. The second-order valence-electron chi connectivity index (χ2n) is 6.09. The van der Waals surface area contributed by atoms with Gasteiger partial charge in [-0.05, 0) is 35.6 Å². The largest absolute Gasteiger partial charge is 0.478 e. The zero-order chi connectivity index (χ0) is 15.3. The van der Waals surface area contributed by atoms with Gasteiger partial charge in [-0.25, -0.2) is 9.18 Å². The quantitative estimate of drug-likeness (QED) is 0.829. The second kappa shape index (κ2) is 7.39. The van der Waals surface area contributed by atoms with Gasteiger partial charge in [0.15, 0.2) is 0 Å². The highest BCUT2D eigenvalue weighted by Crippen LogP contribution is 2.16. The molecule has 20 heavy (non-hydrogen) atoms. The van der Waals surface area contributed by atoms with Crippen LogP contribution in [0.2, 0.25) is 0 Å². The summed E-state index contributed by atoms with van der Waals surface area (Å²) >= 11 is 0. The van der Waals surface area contributed by atoms with Crippen LogP contribution in [0.15, 0.2) is 18.2 Å². The standard InChI is InChI=1S/C16H24FNO2/c1-11(2)8-18(9-12(3)4)10-13-7-14(17)5-6-15(13)16(19)20/h5-7,11-12H,8-10H2,1-4H3,(H,19,20). The molecule has 0 fully saturated rings. The fourth-order valence-electron chi connectivity index (χ4n) is 2.38. The maximum absolute atomic E-state index is 13.4. The highest BCUT2D eigenvalue weighted by molar-refractivity contribution is 5.89. The van der Waals surface area contributed by atoms with Gasteiger partial charge in [0, 0.05) is 19.6 Å². The molecule has 1 aromatic rings. The fraction of sp³-hybridized carbons (Fsp3) is 0.562. The molecule has 0 saturated heterocycles. The molecule has 0 radical (unpaired) electrons. The van der Waals surface area contributed by atoms with Crippen LogP contribution in [0, 0.1) is 17.7 Å². The lowest BCUT2D eigenvalue weighted by Crippen LogP contribution is -2.31. The molecule has 1 N–H and O–H groups in total. The average Bonchev–Trinajstić information content (AvgIpc) is 2.26. The molecule has 0 atom stereocenters. The van der Waals surface area contributed by atoms with Crippen molar-refractivity contribution < 1.29 is 14.3 Å². The van der Waals surface area contributed by atoms with Gasteiger partial charge >= 0.3 is 5.97 Å². The summed E-state index contributed by atoms with van der Waals surface area (Å²) in [4.78, 5) is 13.4. The zero-order valence-corrected chi connectivity index (χ0v) is 12.7. The van der Waals surface area contributed by atoms with Crippen LogP contribution in [0.25, 0.3) is 0 Å². The van der Waals surface area contributed by atoms with Gasteiger partial charge in [0.25, 0.3) is 0 Å². The summed E-state index contributed by atoms with van der Waals surface area (Å²) in [5, 5.41) is 9.19. The SMILES string of the molecule is CC(C)CN(Cc1cc(F)ccc1C(=O)O)CC(C)C. The molecule has 1 aromatic carbocycles. The Kier molecular flexibility index (Phi) is 6.14. The Morgan fingerprint density at radius 3 is 2.20 bits per heavy atom. The molecule has 4 heteroatoms. The number of carbonyl (C=O) groups is 1. The first kappa shape index (κ1) is 16.6. The Bertz CT molecular complexity index is 448. The molecule has 0 heterocycles. The third-order valence-electron chi connectivity index (χ3n) is 2.94.